The van der Waals surface area contributed by atoms with Crippen LogP contribution in [0.15, 0.2) is 60.7 Å². The Bertz CT molecular complexity index is 1100. The smallest absolute Gasteiger partial charge is 0.259 e. The summed E-state index contributed by atoms with van der Waals surface area (Å²) in [4.78, 5) is 25.7. The normalized spacial score (nSPS) is 15.5. The second-order valence-corrected chi connectivity index (χ2v) is 8.06. The van der Waals surface area contributed by atoms with Gasteiger partial charge in [-0.1, -0.05) is 30.3 Å². The average Bonchev–Trinajstić information content (AvgIpc) is 3.42. The van der Waals surface area contributed by atoms with Crippen LogP contribution in [0.5, 0.6) is 5.75 Å². The lowest BCUT2D eigenvalue weighted by atomic mass is 10.1. The molecule has 2 aromatic carbocycles. The van der Waals surface area contributed by atoms with E-state index in [-0.39, 0.29) is 24.4 Å². The second kappa shape index (κ2) is 9.83. The van der Waals surface area contributed by atoms with Crippen LogP contribution < -0.4 is 10.1 Å². The number of rotatable bonds is 8. The van der Waals surface area contributed by atoms with E-state index in [0.29, 0.717) is 22.6 Å². The summed E-state index contributed by atoms with van der Waals surface area (Å²) in [5, 5.41) is 2.85. The van der Waals surface area contributed by atoms with Gasteiger partial charge < -0.3 is 19.4 Å². The van der Waals surface area contributed by atoms with Crippen LogP contribution in [0, 0.1) is 13.8 Å². The number of aromatic nitrogens is 1. The van der Waals surface area contributed by atoms with Gasteiger partial charge in [-0.2, -0.15) is 0 Å². The van der Waals surface area contributed by atoms with Crippen LogP contribution in [0.4, 0.5) is 5.69 Å². The fourth-order valence-electron chi connectivity index (χ4n) is 4.08. The first kappa shape index (κ1) is 21.8. The SMILES string of the molecule is Cc1cc(C(=O)COc2ccccc2C(=O)Nc2ccccc2)c(C)n1CC1CCCO1. The number of nitrogens with zero attached hydrogens (tertiary/aromatic N) is 1. The Kier molecular flexibility index (Phi) is 6.71. The molecule has 1 aromatic heterocycles. The van der Waals surface area contributed by atoms with Crippen LogP contribution in [0.1, 0.15) is 44.9 Å². The van der Waals surface area contributed by atoms with Crippen molar-refractivity contribution in [2.24, 2.45) is 0 Å². The molecule has 3 aromatic rings. The predicted molar refractivity (Wildman–Crippen MR) is 124 cm³/mol. The highest BCUT2D eigenvalue weighted by atomic mass is 16.5. The van der Waals surface area contributed by atoms with E-state index in [1.807, 2.05) is 50.2 Å². The Morgan fingerprint density at radius 1 is 1.06 bits per heavy atom. The third kappa shape index (κ3) is 4.92. The monoisotopic (exact) mass is 432 g/mol. The lowest BCUT2D eigenvalue weighted by Gasteiger charge is -2.15. The van der Waals surface area contributed by atoms with Crippen molar-refractivity contribution in [1.29, 1.82) is 0 Å². The molecule has 6 heteroatoms. The van der Waals surface area contributed by atoms with Crippen molar-refractivity contribution in [1.82, 2.24) is 4.57 Å². The molecule has 0 bridgehead atoms. The summed E-state index contributed by atoms with van der Waals surface area (Å²) >= 11 is 0. The first-order chi connectivity index (χ1) is 15.5. The number of anilines is 1. The summed E-state index contributed by atoms with van der Waals surface area (Å²) in [5.41, 5.74) is 3.67. The largest absolute Gasteiger partial charge is 0.485 e. The van der Waals surface area contributed by atoms with E-state index in [0.717, 1.165) is 37.4 Å². The number of hydrogen-bond acceptors (Lipinski definition) is 4. The summed E-state index contributed by atoms with van der Waals surface area (Å²) < 4.78 is 13.7. The maximum absolute atomic E-state index is 12.9. The van der Waals surface area contributed by atoms with Crippen LogP contribution in [-0.2, 0) is 11.3 Å². The number of ketones is 1. The molecule has 4 rings (SSSR count). The van der Waals surface area contributed by atoms with Gasteiger partial charge in [0.05, 0.1) is 11.7 Å². The Morgan fingerprint density at radius 3 is 2.56 bits per heavy atom. The van der Waals surface area contributed by atoms with Gasteiger partial charge in [-0.15, -0.1) is 0 Å². The third-order valence-corrected chi connectivity index (χ3v) is 5.81. The van der Waals surface area contributed by atoms with Gasteiger partial charge in [0.1, 0.15) is 5.75 Å². The van der Waals surface area contributed by atoms with Crippen LogP contribution >= 0.6 is 0 Å². The van der Waals surface area contributed by atoms with Crippen LogP contribution in [0.3, 0.4) is 0 Å². The molecule has 0 spiro atoms. The highest BCUT2D eigenvalue weighted by Crippen LogP contribution is 2.23. The molecule has 1 fully saturated rings. The zero-order chi connectivity index (χ0) is 22.5. The number of benzene rings is 2. The quantitative estimate of drug-likeness (QED) is 0.519. The van der Waals surface area contributed by atoms with Crippen LogP contribution in [0.2, 0.25) is 0 Å². The van der Waals surface area contributed by atoms with E-state index < -0.39 is 0 Å². The van der Waals surface area contributed by atoms with Crippen molar-refractivity contribution in [2.75, 3.05) is 18.5 Å². The predicted octanol–water partition coefficient (Wildman–Crippen LogP) is 4.80. The van der Waals surface area contributed by atoms with Gasteiger partial charge in [0, 0.05) is 35.8 Å². The fourth-order valence-corrected chi connectivity index (χ4v) is 4.08. The number of Topliss-reactive ketones (excluding diaryl/α,β-unsaturated/α-hetero) is 1. The number of ether oxygens (including phenoxy) is 2. The number of para-hydroxylation sites is 2. The Balaban J connectivity index is 1.44. The maximum Gasteiger partial charge on any atom is 0.259 e. The lowest BCUT2D eigenvalue weighted by Crippen LogP contribution is -2.18. The number of carbonyl (C=O) groups is 2. The van der Waals surface area contributed by atoms with Gasteiger partial charge in [-0.3, -0.25) is 9.59 Å². The van der Waals surface area contributed by atoms with Gasteiger partial charge >= 0.3 is 0 Å². The number of carbonyl (C=O) groups excluding carboxylic acids is 2. The first-order valence-corrected chi connectivity index (χ1v) is 10.9. The Morgan fingerprint density at radius 2 is 1.81 bits per heavy atom. The van der Waals surface area contributed by atoms with Crippen molar-refractivity contribution in [3.63, 3.8) is 0 Å². The topological polar surface area (TPSA) is 69.6 Å². The van der Waals surface area contributed by atoms with Crippen molar-refractivity contribution in [3.8, 4) is 5.75 Å². The molecule has 0 aliphatic carbocycles. The molecular weight excluding hydrogens is 404 g/mol. The summed E-state index contributed by atoms with van der Waals surface area (Å²) in [5.74, 6) is -0.0219. The zero-order valence-electron chi connectivity index (χ0n) is 18.5. The van der Waals surface area contributed by atoms with Crippen LogP contribution in [0.25, 0.3) is 0 Å². The number of aryl methyl sites for hydroxylation is 1. The van der Waals surface area contributed by atoms with Gasteiger partial charge in [0.15, 0.2) is 6.61 Å². The molecule has 0 saturated carbocycles. The molecule has 1 amide bonds. The lowest BCUT2D eigenvalue weighted by molar-refractivity contribution is 0.0908. The summed E-state index contributed by atoms with van der Waals surface area (Å²) in [6.45, 7) is 5.38. The van der Waals surface area contributed by atoms with Gasteiger partial charge in [-0.25, -0.2) is 0 Å². The molecule has 1 aliphatic heterocycles. The van der Waals surface area contributed by atoms with Gasteiger partial charge in [0.2, 0.25) is 5.78 Å². The van der Waals surface area contributed by atoms with Gasteiger partial charge in [-0.05, 0) is 57.0 Å². The van der Waals surface area contributed by atoms with Crippen molar-refractivity contribution < 1.29 is 19.1 Å². The van der Waals surface area contributed by atoms with Crippen molar-refractivity contribution in [3.05, 3.63) is 83.2 Å². The van der Waals surface area contributed by atoms with Gasteiger partial charge in [0.25, 0.3) is 5.91 Å². The van der Waals surface area contributed by atoms with Crippen molar-refractivity contribution >= 4 is 17.4 Å². The molecular formula is C26H28N2O4. The molecule has 1 saturated heterocycles. The number of amides is 1. The molecule has 6 nitrogen and oxygen atoms in total. The van der Waals surface area contributed by atoms with E-state index in [1.54, 1.807) is 24.3 Å². The van der Waals surface area contributed by atoms with E-state index in [4.69, 9.17) is 9.47 Å². The molecule has 1 atom stereocenters. The minimum absolute atomic E-state index is 0.116. The van der Waals surface area contributed by atoms with Crippen molar-refractivity contribution in [2.45, 2.75) is 39.3 Å². The molecule has 2 heterocycles. The Hall–Kier alpha value is -3.38. The number of hydrogen-bond donors (Lipinski definition) is 1. The maximum atomic E-state index is 12.9. The second-order valence-electron chi connectivity index (χ2n) is 8.06. The zero-order valence-corrected chi connectivity index (χ0v) is 18.5. The standard InChI is InChI=1S/C26H28N2O4/c1-18-15-23(19(2)28(18)16-21-11-8-14-31-21)24(29)17-32-25-13-7-6-12-22(25)26(30)27-20-9-4-3-5-10-20/h3-7,9-10,12-13,15,21H,8,11,14,16-17H2,1-2H3,(H,27,30). The molecule has 32 heavy (non-hydrogen) atoms. The van der Waals surface area contributed by atoms with E-state index in [9.17, 15) is 9.59 Å². The molecule has 0 radical (unpaired) electrons. The van der Waals surface area contributed by atoms with E-state index >= 15 is 0 Å². The molecule has 1 unspecified atom stereocenters. The summed E-state index contributed by atoms with van der Waals surface area (Å²) in [7, 11) is 0. The average molecular weight is 433 g/mol. The fraction of sp³-hybridized carbons (Fsp3) is 0.308. The highest BCUT2D eigenvalue weighted by Gasteiger charge is 2.22. The highest BCUT2D eigenvalue weighted by molar-refractivity contribution is 6.06. The third-order valence-electron chi connectivity index (χ3n) is 5.81. The molecule has 166 valence electrons. The minimum Gasteiger partial charge on any atom is -0.485 e. The summed E-state index contributed by atoms with van der Waals surface area (Å²) in [6, 6.07) is 18.1. The first-order valence-electron chi connectivity index (χ1n) is 10.9. The minimum atomic E-state index is -0.283. The summed E-state index contributed by atoms with van der Waals surface area (Å²) in [6.07, 6.45) is 2.33. The Labute approximate surface area is 188 Å². The molecule has 1 N–H and O–H groups in total. The van der Waals surface area contributed by atoms with E-state index in [1.165, 1.54) is 0 Å². The van der Waals surface area contributed by atoms with Crippen LogP contribution in [-0.4, -0.2) is 35.6 Å². The molecule has 1 aliphatic rings. The van der Waals surface area contributed by atoms with E-state index in [2.05, 4.69) is 9.88 Å². The number of nitrogens with one attached hydrogen (secondary N) is 1.